The summed E-state index contributed by atoms with van der Waals surface area (Å²) in [5.41, 5.74) is 4.14. The number of nitrogens with one attached hydrogen (secondary N) is 2. The van der Waals surface area contributed by atoms with Crippen molar-refractivity contribution in [2.24, 2.45) is 7.05 Å². The fourth-order valence-electron chi connectivity index (χ4n) is 4.52. The first-order valence-electron chi connectivity index (χ1n) is 11.2. The van der Waals surface area contributed by atoms with Crippen molar-refractivity contribution in [2.45, 2.75) is 38.1 Å². The number of anilines is 1. The highest BCUT2D eigenvalue weighted by Crippen LogP contribution is 2.47. The van der Waals surface area contributed by atoms with Crippen molar-refractivity contribution in [3.63, 3.8) is 0 Å². The van der Waals surface area contributed by atoms with Crippen molar-refractivity contribution in [2.75, 3.05) is 11.9 Å². The summed E-state index contributed by atoms with van der Waals surface area (Å²) in [4.78, 5) is 21.6. The number of fused-ring (bicyclic) bond motifs is 2. The first kappa shape index (κ1) is 19.9. The van der Waals surface area contributed by atoms with E-state index in [4.69, 9.17) is 4.74 Å². The molecule has 168 valence electrons. The number of carbonyl (C=O) groups excluding carboxylic acids is 1. The van der Waals surface area contributed by atoms with E-state index >= 15 is 0 Å². The number of hydrogen-bond donors (Lipinski definition) is 2. The molecule has 1 aliphatic carbocycles. The molecule has 1 aliphatic heterocycles. The van der Waals surface area contributed by atoms with Crippen LogP contribution in [0, 0.1) is 0 Å². The molecule has 33 heavy (non-hydrogen) atoms. The van der Waals surface area contributed by atoms with Gasteiger partial charge in [-0.05, 0) is 50.1 Å². The predicted octanol–water partition coefficient (Wildman–Crippen LogP) is 3.73. The summed E-state index contributed by atoms with van der Waals surface area (Å²) in [5, 5.41) is 11.6. The maximum Gasteiger partial charge on any atom is 0.331 e. The van der Waals surface area contributed by atoms with E-state index in [0.29, 0.717) is 17.4 Å². The minimum atomic E-state index is -0.248. The van der Waals surface area contributed by atoms with Gasteiger partial charge in [0, 0.05) is 47.9 Å². The molecule has 4 heterocycles. The highest BCUT2D eigenvalue weighted by molar-refractivity contribution is 5.98. The van der Waals surface area contributed by atoms with Crippen LogP contribution in [0.2, 0.25) is 0 Å². The number of amides is 1. The average Bonchev–Trinajstić information content (AvgIpc) is 3.24. The second-order valence-electron chi connectivity index (χ2n) is 9.07. The van der Waals surface area contributed by atoms with Crippen LogP contribution in [0.5, 0.6) is 11.6 Å². The third-order valence-electron chi connectivity index (χ3n) is 6.67. The molecule has 1 aromatic carbocycles. The lowest BCUT2D eigenvalue weighted by Crippen LogP contribution is -2.25. The summed E-state index contributed by atoms with van der Waals surface area (Å²) in [5.74, 6) is 1.83. The molecule has 9 nitrogen and oxygen atoms in total. The third kappa shape index (κ3) is 3.54. The highest BCUT2D eigenvalue weighted by Gasteiger charge is 2.41. The van der Waals surface area contributed by atoms with Gasteiger partial charge in [0.15, 0.2) is 5.82 Å². The molecule has 3 aromatic heterocycles. The number of aromatic nitrogens is 5. The SMILES string of the molecule is Cn1nc(NC(=O)n2ccc3cc(Oc4ncnc5c4CCNC5)ccc32)cc1C1(C)CC1. The number of ether oxygens (including phenoxy) is 1. The molecule has 0 atom stereocenters. The lowest BCUT2D eigenvalue weighted by atomic mass is 10.1. The molecular weight excluding hydrogens is 418 g/mol. The maximum absolute atomic E-state index is 13.0. The van der Waals surface area contributed by atoms with Crippen LogP contribution >= 0.6 is 0 Å². The summed E-state index contributed by atoms with van der Waals surface area (Å²) < 4.78 is 9.55. The molecule has 9 heteroatoms. The van der Waals surface area contributed by atoms with Crippen LogP contribution in [0.1, 0.15) is 36.7 Å². The Morgan fingerprint density at radius 3 is 2.94 bits per heavy atom. The monoisotopic (exact) mass is 443 g/mol. The number of benzene rings is 1. The van der Waals surface area contributed by atoms with E-state index in [2.05, 4.69) is 32.6 Å². The Kier molecular flexibility index (Phi) is 4.48. The van der Waals surface area contributed by atoms with E-state index in [0.717, 1.165) is 60.2 Å². The molecule has 6 rings (SSSR count). The van der Waals surface area contributed by atoms with Gasteiger partial charge in [-0.25, -0.2) is 14.8 Å². The minimum Gasteiger partial charge on any atom is -0.439 e. The topological polar surface area (TPSA) is 98.9 Å². The summed E-state index contributed by atoms with van der Waals surface area (Å²) >= 11 is 0. The fraction of sp³-hybridized carbons (Fsp3) is 0.333. The lowest BCUT2D eigenvalue weighted by molar-refractivity contribution is 0.254. The van der Waals surface area contributed by atoms with Crippen LogP contribution in [0.3, 0.4) is 0 Å². The number of hydrogen-bond acceptors (Lipinski definition) is 6. The lowest BCUT2D eigenvalue weighted by Gasteiger charge is -2.18. The minimum absolute atomic E-state index is 0.181. The standard InChI is InChI=1S/C24H25N7O2/c1-24(7-8-24)20-12-21(29-30(20)2)28-23(32)31-10-6-15-11-16(3-4-19(15)31)33-22-17-5-9-25-13-18(17)26-14-27-22/h3-4,6,10-12,14,25H,5,7-9,13H2,1-2H3,(H,28,29,32). The summed E-state index contributed by atoms with van der Waals surface area (Å²) in [6, 6.07) is 9.28. The van der Waals surface area contributed by atoms with Gasteiger partial charge in [0.25, 0.3) is 0 Å². The Balaban J connectivity index is 1.23. The molecule has 0 radical (unpaired) electrons. The highest BCUT2D eigenvalue weighted by atomic mass is 16.5. The van der Waals surface area contributed by atoms with Crippen molar-refractivity contribution in [1.29, 1.82) is 0 Å². The molecule has 4 aromatic rings. The first-order valence-corrected chi connectivity index (χ1v) is 11.2. The van der Waals surface area contributed by atoms with Crippen LogP contribution in [-0.2, 0) is 25.4 Å². The largest absolute Gasteiger partial charge is 0.439 e. The van der Waals surface area contributed by atoms with Gasteiger partial charge in [0.2, 0.25) is 5.88 Å². The van der Waals surface area contributed by atoms with Crippen molar-refractivity contribution >= 4 is 22.8 Å². The van der Waals surface area contributed by atoms with Gasteiger partial charge in [0.05, 0.1) is 11.2 Å². The quantitative estimate of drug-likeness (QED) is 0.499. The van der Waals surface area contributed by atoms with E-state index in [1.54, 1.807) is 10.8 Å². The normalized spacial score (nSPS) is 16.4. The Hall–Kier alpha value is -3.72. The summed E-state index contributed by atoms with van der Waals surface area (Å²) in [7, 11) is 1.92. The van der Waals surface area contributed by atoms with Gasteiger partial charge < -0.3 is 10.1 Å². The second-order valence-corrected chi connectivity index (χ2v) is 9.07. The maximum atomic E-state index is 13.0. The average molecular weight is 444 g/mol. The van der Waals surface area contributed by atoms with Crippen LogP contribution in [0.4, 0.5) is 10.6 Å². The smallest absolute Gasteiger partial charge is 0.331 e. The third-order valence-corrected chi connectivity index (χ3v) is 6.67. The van der Waals surface area contributed by atoms with Gasteiger partial charge >= 0.3 is 6.03 Å². The molecule has 0 bridgehead atoms. The van der Waals surface area contributed by atoms with Crippen molar-refractivity contribution < 1.29 is 9.53 Å². The van der Waals surface area contributed by atoms with Crippen LogP contribution in [-0.4, -0.2) is 36.9 Å². The van der Waals surface area contributed by atoms with Crippen molar-refractivity contribution in [3.05, 3.63) is 59.8 Å². The van der Waals surface area contributed by atoms with Crippen LogP contribution in [0.15, 0.2) is 42.9 Å². The summed E-state index contributed by atoms with van der Waals surface area (Å²) in [6.45, 7) is 3.83. The van der Waals surface area contributed by atoms with E-state index in [-0.39, 0.29) is 11.4 Å². The molecule has 0 unspecified atom stereocenters. The molecule has 1 amide bonds. The first-order chi connectivity index (χ1) is 16.0. The van der Waals surface area contributed by atoms with E-state index in [1.165, 1.54) is 6.33 Å². The van der Waals surface area contributed by atoms with Gasteiger partial charge in [-0.15, -0.1) is 0 Å². The Morgan fingerprint density at radius 2 is 2.09 bits per heavy atom. The molecular formula is C24H25N7O2. The van der Waals surface area contributed by atoms with Crippen LogP contribution in [0.25, 0.3) is 10.9 Å². The van der Waals surface area contributed by atoms with Crippen molar-refractivity contribution in [1.82, 2.24) is 29.6 Å². The van der Waals surface area contributed by atoms with Crippen molar-refractivity contribution in [3.8, 4) is 11.6 Å². The van der Waals surface area contributed by atoms with Crippen LogP contribution < -0.4 is 15.4 Å². The Bertz CT molecular complexity index is 1380. The fourth-order valence-corrected chi connectivity index (χ4v) is 4.52. The number of nitrogens with zero attached hydrogens (tertiary/aromatic N) is 5. The van der Waals surface area contributed by atoms with Gasteiger partial charge in [-0.1, -0.05) is 6.92 Å². The van der Waals surface area contributed by atoms with E-state index in [1.807, 2.05) is 42.1 Å². The van der Waals surface area contributed by atoms with E-state index in [9.17, 15) is 4.79 Å². The Labute approximate surface area is 190 Å². The molecule has 1 saturated carbocycles. The second kappa shape index (κ2) is 7.41. The zero-order valence-electron chi connectivity index (χ0n) is 18.6. The molecule has 0 spiro atoms. The number of carbonyl (C=O) groups is 1. The van der Waals surface area contributed by atoms with E-state index < -0.39 is 0 Å². The van der Waals surface area contributed by atoms with Gasteiger partial charge in [-0.3, -0.25) is 14.6 Å². The number of aryl methyl sites for hydroxylation is 1. The molecule has 1 fully saturated rings. The van der Waals surface area contributed by atoms with Gasteiger partial charge in [-0.2, -0.15) is 5.10 Å². The Morgan fingerprint density at radius 1 is 1.21 bits per heavy atom. The number of rotatable bonds is 4. The summed E-state index contributed by atoms with van der Waals surface area (Å²) in [6.07, 6.45) is 6.43. The molecule has 0 saturated heterocycles. The molecule has 2 aliphatic rings. The molecule has 2 N–H and O–H groups in total. The van der Waals surface area contributed by atoms with Gasteiger partial charge in [0.1, 0.15) is 12.1 Å². The zero-order valence-corrected chi connectivity index (χ0v) is 18.6. The predicted molar refractivity (Wildman–Crippen MR) is 124 cm³/mol. The zero-order chi connectivity index (χ0) is 22.6.